The Morgan fingerprint density at radius 3 is 2.75 bits per heavy atom. The van der Waals surface area contributed by atoms with Gasteiger partial charge in [-0.25, -0.2) is 4.79 Å². The zero-order valence-corrected chi connectivity index (χ0v) is 10.2. The van der Waals surface area contributed by atoms with Crippen LogP contribution in [0.15, 0.2) is 11.6 Å². The first-order valence-electron chi connectivity index (χ1n) is 6.31. The lowest BCUT2D eigenvalue weighted by atomic mass is 10.0. The molecule has 0 atom stereocenters. The molecular weight excluding hydrogens is 202 g/mol. The molecule has 0 spiro atoms. The van der Waals surface area contributed by atoms with Crippen LogP contribution in [0.2, 0.25) is 0 Å². The summed E-state index contributed by atoms with van der Waals surface area (Å²) in [5.41, 5.74) is 0.420. The molecule has 0 saturated heterocycles. The van der Waals surface area contributed by atoms with Crippen LogP contribution < -0.4 is 5.32 Å². The first-order valence-corrected chi connectivity index (χ1v) is 6.31. The Hall–Kier alpha value is -0.830. The van der Waals surface area contributed by atoms with Crippen molar-refractivity contribution in [3.05, 3.63) is 11.6 Å². The maximum atomic E-state index is 10.5. The molecule has 0 bridgehead atoms. The molecule has 2 N–H and O–H groups in total. The number of rotatable bonds is 7. The third kappa shape index (κ3) is 5.31. The summed E-state index contributed by atoms with van der Waals surface area (Å²) in [5, 5.41) is 11.9. The Bertz CT molecular complexity index is 242. The van der Waals surface area contributed by atoms with Gasteiger partial charge in [0.05, 0.1) is 0 Å². The highest BCUT2D eigenvalue weighted by molar-refractivity contribution is 5.85. The summed E-state index contributed by atoms with van der Waals surface area (Å²) in [6, 6.07) is 0. The SMILES string of the molecule is CC(=CCNCCCC1CCCC1)C(=O)O. The molecule has 1 aliphatic rings. The Labute approximate surface area is 97.9 Å². The molecule has 1 rings (SSSR count). The van der Waals surface area contributed by atoms with Crippen LogP contribution in [0.4, 0.5) is 0 Å². The minimum atomic E-state index is -0.826. The normalized spacial score (nSPS) is 17.9. The molecule has 0 amide bonds. The fraction of sp³-hybridized carbons (Fsp3) is 0.769. The van der Waals surface area contributed by atoms with E-state index in [9.17, 15) is 4.79 Å². The van der Waals surface area contributed by atoms with Crippen molar-refractivity contribution < 1.29 is 9.90 Å². The number of carbonyl (C=O) groups is 1. The summed E-state index contributed by atoms with van der Waals surface area (Å²) in [4.78, 5) is 10.5. The van der Waals surface area contributed by atoms with Crippen LogP contribution in [-0.4, -0.2) is 24.2 Å². The quantitative estimate of drug-likeness (QED) is 0.517. The van der Waals surface area contributed by atoms with Gasteiger partial charge in [0.2, 0.25) is 0 Å². The number of carboxylic acids is 1. The van der Waals surface area contributed by atoms with Crippen LogP contribution in [0.3, 0.4) is 0 Å². The number of hydrogen-bond acceptors (Lipinski definition) is 2. The molecule has 92 valence electrons. The van der Waals surface area contributed by atoms with Gasteiger partial charge in [0, 0.05) is 12.1 Å². The summed E-state index contributed by atoms with van der Waals surface area (Å²) >= 11 is 0. The zero-order valence-electron chi connectivity index (χ0n) is 10.2. The van der Waals surface area contributed by atoms with Gasteiger partial charge in [-0.15, -0.1) is 0 Å². The minimum Gasteiger partial charge on any atom is -0.478 e. The van der Waals surface area contributed by atoms with E-state index in [0.717, 1.165) is 12.5 Å². The van der Waals surface area contributed by atoms with Gasteiger partial charge in [0.15, 0.2) is 0 Å². The Kier molecular flexibility index (Phi) is 6.16. The third-order valence-corrected chi connectivity index (χ3v) is 3.33. The predicted molar refractivity (Wildman–Crippen MR) is 65.5 cm³/mol. The summed E-state index contributed by atoms with van der Waals surface area (Å²) in [7, 11) is 0. The van der Waals surface area contributed by atoms with Crippen molar-refractivity contribution in [2.24, 2.45) is 5.92 Å². The van der Waals surface area contributed by atoms with Gasteiger partial charge in [-0.3, -0.25) is 0 Å². The van der Waals surface area contributed by atoms with Crippen LogP contribution >= 0.6 is 0 Å². The van der Waals surface area contributed by atoms with Crippen molar-refractivity contribution in [3.8, 4) is 0 Å². The van der Waals surface area contributed by atoms with E-state index in [1.807, 2.05) is 0 Å². The number of carboxylic acid groups (broad SMARTS) is 1. The van der Waals surface area contributed by atoms with Gasteiger partial charge in [0.25, 0.3) is 0 Å². The van der Waals surface area contributed by atoms with E-state index in [0.29, 0.717) is 12.1 Å². The smallest absolute Gasteiger partial charge is 0.330 e. The second kappa shape index (κ2) is 7.44. The second-order valence-corrected chi connectivity index (χ2v) is 4.69. The number of nitrogens with one attached hydrogen (secondary N) is 1. The highest BCUT2D eigenvalue weighted by Gasteiger charge is 2.13. The van der Waals surface area contributed by atoms with Crippen LogP contribution in [0.25, 0.3) is 0 Å². The first-order chi connectivity index (χ1) is 7.70. The van der Waals surface area contributed by atoms with E-state index >= 15 is 0 Å². The van der Waals surface area contributed by atoms with Crippen molar-refractivity contribution in [3.63, 3.8) is 0 Å². The molecule has 1 saturated carbocycles. The number of hydrogen-bond donors (Lipinski definition) is 2. The topological polar surface area (TPSA) is 49.3 Å². The fourth-order valence-electron chi connectivity index (χ4n) is 2.23. The molecule has 0 aromatic rings. The summed E-state index contributed by atoms with van der Waals surface area (Å²) < 4.78 is 0. The molecule has 3 nitrogen and oxygen atoms in total. The molecule has 3 heteroatoms. The largest absolute Gasteiger partial charge is 0.478 e. The zero-order chi connectivity index (χ0) is 11.8. The molecule has 1 fully saturated rings. The average Bonchev–Trinajstić information content (AvgIpc) is 2.75. The maximum absolute atomic E-state index is 10.5. The molecular formula is C13H23NO2. The Morgan fingerprint density at radius 2 is 2.12 bits per heavy atom. The van der Waals surface area contributed by atoms with Gasteiger partial charge >= 0.3 is 5.97 Å². The van der Waals surface area contributed by atoms with E-state index in [1.165, 1.54) is 38.5 Å². The molecule has 0 unspecified atom stereocenters. The lowest BCUT2D eigenvalue weighted by Crippen LogP contribution is -2.16. The fourth-order valence-corrected chi connectivity index (χ4v) is 2.23. The minimum absolute atomic E-state index is 0.420. The summed E-state index contributed by atoms with van der Waals surface area (Å²) in [6.45, 7) is 3.30. The van der Waals surface area contributed by atoms with E-state index in [4.69, 9.17) is 5.11 Å². The molecule has 1 aliphatic carbocycles. The Balaban J connectivity index is 1.95. The average molecular weight is 225 g/mol. The van der Waals surface area contributed by atoms with E-state index in [2.05, 4.69) is 5.32 Å². The van der Waals surface area contributed by atoms with Crippen molar-refractivity contribution in [2.75, 3.05) is 13.1 Å². The monoisotopic (exact) mass is 225 g/mol. The second-order valence-electron chi connectivity index (χ2n) is 4.69. The predicted octanol–water partition coefficient (Wildman–Crippen LogP) is 2.58. The van der Waals surface area contributed by atoms with Crippen molar-refractivity contribution >= 4 is 5.97 Å². The van der Waals surface area contributed by atoms with Crippen LogP contribution in [0.5, 0.6) is 0 Å². The molecule has 0 aromatic carbocycles. The van der Waals surface area contributed by atoms with Gasteiger partial charge in [-0.2, -0.15) is 0 Å². The summed E-state index contributed by atoms with van der Waals surface area (Å²) in [5.74, 6) is 0.130. The van der Waals surface area contributed by atoms with Crippen molar-refractivity contribution in [1.82, 2.24) is 5.32 Å². The highest BCUT2D eigenvalue weighted by atomic mass is 16.4. The highest BCUT2D eigenvalue weighted by Crippen LogP contribution is 2.28. The molecule has 0 radical (unpaired) electrons. The van der Waals surface area contributed by atoms with Crippen molar-refractivity contribution in [2.45, 2.75) is 45.4 Å². The van der Waals surface area contributed by atoms with E-state index in [1.54, 1.807) is 13.0 Å². The lowest BCUT2D eigenvalue weighted by molar-refractivity contribution is -0.132. The van der Waals surface area contributed by atoms with Crippen LogP contribution in [0.1, 0.15) is 45.4 Å². The van der Waals surface area contributed by atoms with Gasteiger partial charge in [-0.05, 0) is 32.2 Å². The Morgan fingerprint density at radius 1 is 1.44 bits per heavy atom. The molecule has 16 heavy (non-hydrogen) atoms. The maximum Gasteiger partial charge on any atom is 0.330 e. The van der Waals surface area contributed by atoms with Crippen LogP contribution in [0, 0.1) is 5.92 Å². The molecule has 0 aliphatic heterocycles. The van der Waals surface area contributed by atoms with Crippen LogP contribution in [-0.2, 0) is 4.79 Å². The van der Waals surface area contributed by atoms with E-state index in [-0.39, 0.29) is 0 Å². The lowest BCUT2D eigenvalue weighted by Gasteiger charge is -2.08. The van der Waals surface area contributed by atoms with Gasteiger partial charge in [-0.1, -0.05) is 31.8 Å². The third-order valence-electron chi connectivity index (χ3n) is 3.33. The molecule has 0 heterocycles. The van der Waals surface area contributed by atoms with Gasteiger partial charge < -0.3 is 10.4 Å². The first kappa shape index (κ1) is 13.2. The van der Waals surface area contributed by atoms with Crippen molar-refractivity contribution in [1.29, 1.82) is 0 Å². The van der Waals surface area contributed by atoms with E-state index < -0.39 is 5.97 Å². The van der Waals surface area contributed by atoms with Gasteiger partial charge in [0.1, 0.15) is 0 Å². The molecule has 0 aromatic heterocycles. The summed E-state index contributed by atoms with van der Waals surface area (Å²) in [6.07, 6.45) is 9.94. The standard InChI is InChI=1S/C13H23NO2/c1-11(13(15)16)8-10-14-9-4-7-12-5-2-3-6-12/h8,12,14H,2-7,9-10H2,1H3,(H,15,16). The number of aliphatic carboxylic acids is 1.